The van der Waals surface area contributed by atoms with Crippen molar-refractivity contribution < 1.29 is 4.74 Å². The van der Waals surface area contributed by atoms with E-state index in [1.807, 2.05) is 7.05 Å². The van der Waals surface area contributed by atoms with Crippen molar-refractivity contribution in [2.75, 3.05) is 13.2 Å². The van der Waals surface area contributed by atoms with Crippen LogP contribution in [0.5, 0.6) is 0 Å². The maximum Gasteiger partial charge on any atom is 0.138 e. The van der Waals surface area contributed by atoms with E-state index in [0.717, 1.165) is 25.3 Å². The highest BCUT2D eigenvalue weighted by molar-refractivity contribution is 4.99. The molecule has 1 aliphatic rings. The maximum absolute atomic E-state index is 6.11. The van der Waals surface area contributed by atoms with E-state index in [1.54, 1.807) is 11.0 Å². The Hall–Kier alpha value is -0.940. The van der Waals surface area contributed by atoms with Crippen LogP contribution in [0, 0.1) is 0 Å². The molecule has 0 aromatic carbocycles. The largest absolute Gasteiger partial charge is 0.379 e. The van der Waals surface area contributed by atoms with Crippen LogP contribution in [0.15, 0.2) is 6.33 Å². The van der Waals surface area contributed by atoms with E-state index in [1.165, 1.54) is 0 Å². The number of hydrogen-bond acceptors (Lipinski definition) is 4. The van der Waals surface area contributed by atoms with Gasteiger partial charge in [0.1, 0.15) is 12.2 Å². The fourth-order valence-electron chi connectivity index (χ4n) is 1.56. The number of ether oxygens (including phenoxy) is 1. The van der Waals surface area contributed by atoms with Gasteiger partial charge in [0.25, 0.3) is 0 Å². The summed E-state index contributed by atoms with van der Waals surface area (Å²) in [4.78, 5) is 4.14. The normalized spacial score (nSPS) is 28.2. The van der Waals surface area contributed by atoms with E-state index in [2.05, 4.69) is 10.1 Å². The van der Waals surface area contributed by atoms with Crippen molar-refractivity contribution in [2.24, 2.45) is 12.8 Å². The van der Waals surface area contributed by atoms with Gasteiger partial charge in [-0.3, -0.25) is 4.68 Å². The Morgan fingerprint density at radius 2 is 2.62 bits per heavy atom. The van der Waals surface area contributed by atoms with Crippen LogP contribution in [0.25, 0.3) is 0 Å². The molecular formula is C8H14N4O. The van der Waals surface area contributed by atoms with Gasteiger partial charge in [0, 0.05) is 25.6 Å². The van der Waals surface area contributed by atoms with E-state index < -0.39 is 0 Å². The van der Waals surface area contributed by atoms with Crippen molar-refractivity contribution in [3.63, 3.8) is 0 Å². The number of nitrogens with two attached hydrogens (primary N) is 1. The van der Waals surface area contributed by atoms with Crippen molar-refractivity contribution in [3.05, 3.63) is 12.2 Å². The summed E-state index contributed by atoms with van der Waals surface area (Å²) < 4.78 is 7.02. The first kappa shape index (κ1) is 8.65. The number of nitrogens with zero attached hydrogens (tertiary/aromatic N) is 3. The zero-order chi connectivity index (χ0) is 9.31. The standard InChI is InChI=1S/C8H14N4O/c1-12-7(10-6-11-12)4-8(9)2-3-13-5-8/h6H,2-5,9H2,1H3. The molecule has 0 spiro atoms. The lowest BCUT2D eigenvalue weighted by Crippen LogP contribution is -2.43. The minimum absolute atomic E-state index is 0.235. The highest BCUT2D eigenvalue weighted by atomic mass is 16.5. The second-order valence-electron chi connectivity index (χ2n) is 3.64. The number of aromatic nitrogens is 3. The lowest BCUT2D eigenvalue weighted by molar-refractivity contribution is 0.177. The van der Waals surface area contributed by atoms with Crippen molar-refractivity contribution in [2.45, 2.75) is 18.4 Å². The second-order valence-corrected chi connectivity index (χ2v) is 3.64. The fourth-order valence-corrected chi connectivity index (χ4v) is 1.56. The van der Waals surface area contributed by atoms with Crippen molar-refractivity contribution in [1.82, 2.24) is 14.8 Å². The summed E-state index contributed by atoms with van der Waals surface area (Å²) in [5, 5.41) is 4.00. The van der Waals surface area contributed by atoms with Crippen LogP contribution in [-0.2, 0) is 18.2 Å². The summed E-state index contributed by atoms with van der Waals surface area (Å²) in [5.41, 5.74) is 5.88. The van der Waals surface area contributed by atoms with Crippen molar-refractivity contribution in [3.8, 4) is 0 Å². The van der Waals surface area contributed by atoms with E-state index in [0.29, 0.717) is 6.61 Å². The Kier molecular flexibility index (Phi) is 2.05. The number of aryl methyl sites for hydroxylation is 1. The van der Waals surface area contributed by atoms with Gasteiger partial charge in [-0.25, -0.2) is 4.98 Å². The molecule has 0 saturated carbocycles. The maximum atomic E-state index is 6.11. The Bertz CT molecular complexity index is 290. The zero-order valence-electron chi connectivity index (χ0n) is 7.73. The van der Waals surface area contributed by atoms with Gasteiger partial charge in [-0.1, -0.05) is 0 Å². The molecule has 0 amide bonds. The highest BCUT2D eigenvalue weighted by Gasteiger charge is 2.31. The smallest absolute Gasteiger partial charge is 0.138 e. The lowest BCUT2D eigenvalue weighted by atomic mass is 9.95. The van der Waals surface area contributed by atoms with E-state index in [-0.39, 0.29) is 5.54 Å². The van der Waals surface area contributed by atoms with Crippen LogP contribution in [0.2, 0.25) is 0 Å². The molecule has 13 heavy (non-hydrogen) atoms. The van der Waals surface area contributed by atoms with Crippen LogP contribution in [-0.4, -0.2) is 33.5 Å². The second kappa shape index (κ2) is 3.08. The first-order valence-electron chi connectivity index (χ1n) is 4.39. The predicted molar refractivity (Wildman–Crippen MR) is 47.1 cm³/mol. The molecule has 5 heteroatoms. The third kappa shape index (κ3) is 1.71. The van der Waals surface area contributed by atoms with Crippen LogP contribution >= 0.6 is 0 Å². The number of hydrogen-bond donors (Lipinski definition) is 1. The molecule has 1 fully saturated rings. The average molecular weight is 182 g/mol. The topological polar surface area (TPSA) is 66.0 Å². The summed E-state index contributed by atoms with van der Waals surface area (Å²) in [6.45, 7) is 1.38. The quantitative estimate of drug-likeness (QED) is 0.668. The highest BCUT2D eigenvalue weighted by Crippen LogP contribution is 2.19. The van der Waals surface area contributed by atoms with Gasteiger partial charge in [0.2, 0.25) is 0 Å². The van der Waals surface area contributed by atoms with Gasteiger partial charge in [0.05, 0.1) is 6.61 Å². The van der Waals surface area contributed by atoms with Crippen molar-refractivity contribution >= 4 is 0 Å². The molecule has 0 bridgehead atoms. The first-order valence-corrected chi connectivity index (χ1v) is 4.39. The molecule has 0 aliphatic carbocycles. The van der Waals surface area contributed by atoms with Crippen molar-refractivity contribution in [1.29, 1.82) is 0 Å². The molecule has 2 N–H and O–H groups in total. The molecule has 2 heterocycles. The molecule has 5 nitrogen and oxygen atoms in total. The third-order valence-electron chi connectivity index (χ3n) is 2.45. The lowest BCUT2D eigenvalue weighted by Gasteiger charge is -2.20. The summed E-state index contributed by atoms with van der Waals surface area (Å²) in [7, 11) is 1.88. The van der Waals surface area contributed by atoms with Gasteiger partial charge in [-0.05, 0) is 6.42 Å². The average Bonchev–Trinajstić information content (AvgIpc) is 2.64. The molecule has 1 unspecified atom stereocenters. The molecule has 1 aliphatic heterocycles. The van der Waals surface area contributed by atoms with Gasteiger partial charge >= 0.3 is 0 Å². The van der Waals surface area contributed by atoms with E-state index in [4.69, 9.17) is 10.5 Å². The molecule has 1 atom stereocenters. The van der Waals surface area contributed by atoms with Gasteiger partial charge in [-0.15, -0.1) is 0 Å². The third-order valence-corrected chi connectivity index (χ3v) is 2.45. The molecular weight excluding hydrogens is 168 g/mol. The predicted octanol–water partition coefficient (Wildman–Crippen LogP) is -0.525. The molecule has 72 valence electrons. The SMILES string of the molecule is Cn1ncnc1CC1(N)CCOC1. The monoisotopic (exact) mass is 182 g/mol. The van der Waals surface area contributed by atoms with E-state index >= 15 is 0 Å². The Labute approximate surface area is 76.9 Å². The molecule has 1 aromatic heterocycles. The van der Waals surface area contributed by atoms with Crippen LogP contribution in [0.1, 0.15) is 12.2 Å². The molecule has 1 aromatic rings. The summed E-state index contributed by atoms with van der Waals surface area (Å²) >= 11 is 0. The molecule has 1 saturated heterocycles. The summed E-state index contributed by atoms with van der Waals surface area (Å²) in [6, 6.07) is 0. The zero-order valence-corrected chi connectivity index (χ0v) is 7.73. The molecule has 2 rings (SSSR count). The summed E-state index contributed by atoms with van der Waals surface area (Å²) in [5.74, 6) is 0.924. The molecule has 0 radical (unpaired) electrons. The Balaban J connectivity index is 2.09. The van der Waals surface area contributed by atoms with Crippen LogP contribution in [0.3, 0.4) is 0 Å². The Morgan fingerprint density at radius 1 is 1.77 bits per heavy atom. The Morgan fingerprint density at radius 3 is 3.15 bits per heavy atom. The fraction of sp³-hybridized carbons (Fsp3) is 0.750. The number of rotatable bonds is 2. The van der Waals surface area contributed by atoms with Crippen LogP contribution < -0.4 is 5.73 Å². The van der Waals surface area contributed by atoms with Crippen LogP contribution in [0.4, 0.5) is 0 Å². The first-order chi connectivity index (χ1) is 6.20. The summed E-state index contributed by atoms with van der Waals surface area (Å²) in [6.07, 6.45) is 3.19. The minimum Gasteiger partial charge on any atom is -0.379 e. The minimum atomic E-state index is -0.235. The van der Waals surface area contributed by atoms with Gasteiger partial charge in [-0.2, -0.15) is 5.10 Å². The van der Waals surface area contributed by atoms with Gasteiger partial charge in [0.15, 0.2) is 0 Å². The van der Waals surface area contributed by atoms with E-state index in [9.17, 15) is 0 Å². The van der Waals surface area contributed by atoms with Gasteiger partial charge < -0.3 is 10.5 Å².